The van der Waals surface area contributed by atoms with E-state index in [2.05, 4.69) is 30.7 Å². The molecule has 1 amide bonds. The van der Waals surface area contributed by atoms with E-state index in [9.17, 15) is 9.59 Å². The zero-order chi connectivity index (χ0) is 19.3. The molecule has 0 aliphatic carbocycles. The summed E-state index contributed by atoms with van der Waals surface area (Å²) in [5.41, 5.74) is 1.67. The summed E-state index contributed by atoms with van der Waals surface area (Å²) in [5, 5.41) is 17.8. The molecule has 4 rings (SSSR count). The molecule has 0 aliphatic heterocycles. The number of H-pyrrole nitrogens is 1. The van der Waals surface area contributed by atoms with Gasteiger partial charge in [-0.3, -0.25) is 14.7 Å². The average Bonchev–Trinajstić information content (AvgIpc) is 3.42. The van der Waals surface area contributed by atoms with Gasteiger partial charge in [-0.1, -0.05) is 30.3 Å². The molecule has 10 nitrogen and oxygen atoms in total. The molecule has 0 atom stereocenters. The SMILES string of the molecule is O=C(NCCn1nc(-n2cncn2)ccc1=O)c1cc(-c2ccccc2)n[nH]1. The number of hydrogen-bond acceptors (Lipinski definition) is 6. The lowest BCUT2D eigenvalue weighted by atomic mass is 10.1. The molecule has 4 aromatic rings. The molecule has 140 valence electrons. The van der Waals surface area contributed by atoms with Crippen LogP contribution in [-0.4, -0.2) is 47.2 Å². The van der Waals surface area contributed by atoms with Gasteiger partial charge >= 0.3 is 0 Å². The Kier molecular flexibility index (Phi) is 4.74. The molecule has 0 spiro atoms. The third kappa shape index (κ3) is 3.70. The van der Waals surface area contributed by atoms with Gasteiger partial charge in [0.2, 0.25) is 0 Å². The van der Waals surface area contributed by atoms with Crippen molar-refractivity contribution in [2.24, 2.45) is 0 Å². The monoisotopic (exact) mass is 376 g/mol. The summed E-state index contributed by atoms with van der Waals surface area (Å²) in [7, 11) is 0. The fraction of sp³-hybridized carbons (Fsp3) is 0.111. The van der Waals surface area contributed by atoms with Crippen LogP contribution < -0.4 is 10.9 Å². The molecule has 3 aromatic heterocycles. The summed E-state index contributed by atoms with van der Waals surface area (Å²) in [6, 6.07) is 14.2. The van der Waals surface area contributed by atoms with E-state index in [4.69, 9.17) is 0 Å². The van der Waals surface area contributed by atoms with Crippen LogP contribution >= 0.6 is 0 Å². The number of aromatic nitrogens is 7. The quantitative estimate of drug-likeness (QED) is 0.509. The second kappa shape index (κ2) is 7.66. The van der Waals surface area contributed by atoms with Gasteiger partial charge in [0.1, 0.15) is 18.3 Å². The van der Waals surface area contributed by atoms with Crippen molar-refractivity contribution in [1.82, 2.24) is 40.1 Å². The maximum atomic E-state index is 12.3. The lowest BCUT2D eigenvalue weighted by Crippen LogP contribution is -2.32. The first-order chi connectivity index (χ1) is 13.7. The topological polar surface area (TPSA) is 123 Å². The van der Waals surface area contributed by atoms with Crippen molar-refractivity contribution in [2.75, 3.05) is 6.54 Å². The number of amides is 1. The summed E-state index contributed by atoms with van der Waals surface area (Å²) < 4.78 is 2.71. The molecule has 0 saturated carbocycles. The second-order valence-corrected chi connectivity index (χ2v) is 5.88. The Balaban J connectivity index is 1.39. The first-order valence-corrected chi connectivity index (χ1v) is 8.53. The molecular weight excluding hydrogens is 360 g/mol. The number of benzene rings is 1. The number of aromatic amines is 1. The van der Waals surface area contributed by atoms with Crippen LogP contribution in [0.4, 0.5) is 0 Å². The van der Waals surface area contributed by atoms with Crippen molar-refractivity contribution in [1.29, 1.82) is 0 Å². The molecule has 0 bridgehead atoms. The van der Waals surface area contributed by atoms with Crippen LogP contribution in [0.1, 0.15) is 10.5 Å². The fourth-order valence-electron chi connectivity index (χ4n) is 2.61. The molecule has 28 heavy (non-hydrogen) atoms. The van der Waals surface area contributed by atoms with E-state index >= 15 is 0 Å². The molecule has 1 aromatic carbocycles. The molecular formula is C18H16N8O2. The summed E-state index contributed by atoms with van der Waals surface area (Å²) in [5.74, 6) is 0.152. The van der Waals surface area contributed by atoms with E-state index in [1.807, 2.05) is 30.3 Å². The molecule has 2 N–H and O–H groups in total. The molecule has 0 fully saturated rings. The van der Waals surface area contributed by atoms with Crippen molar-refractivity contribution < 1.29 is 4.79 Å². The van der Waals surface area contributed by atoms with E-state index in [0.717, 1.165) is 5.56 Å². The Bertz CT molecular complexity index is 1130. The minimum atomic E-state index is -0.310. The van der Waals surface area contributed by atoms with Crippen LogP contribution in [0.15, 0.2) is 66.0 Å². The lowest BCUT2D eigenvalue weighted by molar-refractivity contribution is 0.0946. The fourth-order valence-corrected chi connectivity index (χ4v) is 2.61. The van der Waals surface area contributed by atoms with Crippen LogP contribution in [-0.2, 0) is 6.54 Å². The van der Waals surface area contributed by atoms with Crippen LogP contribution in [0.5, 0.6) is 0 Å². The number of nitrogens with one attached hydrogen (secondary N) is 2. The van der Waals surface area contributed by atoms with Gasteiger partial charge < -0.3 is 5.32 Å². The Morgan fingerprint density at radius 3 is 2.79 bits per heavy atom. The smallest absolute Gasteiger partial charge is 0.269 e. The van der Waals surface area contributed by atoms with E-state index in [1.165, 1.54) is 28.1 Å². The van der Waals surface area contributed by atoms with Gasteiger partial charge in [-0.25, -0.2) is 14.3 Å². The van der Waals surface area contributed by atoms with Crippen molar-refractivity contribution in [2.45, 2.75) is 6.54 Å². The maximum absolute atomic E-state index is 12.3. The average molecular weight is 376 g/mol. The third-order valence-electron chi connectivity index (χ3n) is 4.01. The number of carbonyl (C=O) groups is 1. The van der Waals surface area contributed by atoms with Gasteiger partial charge in [0.05, 0.1) is 12.2 Å². The highest BCUT2D eigenvalue weighted by Gasteiger charge is 2.11. The number of rotatable bonds is 6. The number of carbonyl (C=O) groups excluding carboxylic acids is 1. The second-order valence-electron chi connectivity index (χ2n) is 5.88. The van der Waals surface area contributed by atoms with Gasteiger partial charge in [-0.05, 0) is 12.1 Å². The number of hydrogen-bond donors (Lipinski definition) is 2. The van der Waals surface area contributed by atoms with Gasteiger partial charge in [0, 0.05) is 18.2 Å². The van der Waals surface area contributed by atoms with E-state index < -0.39 is 0 Å². The van der Waals surface area contributed by atoms with Crippen LogP contribution in [0, 0.1) is 0 Å². The van der Waals surface area contributed by atoms with Gasteiger partial charge in [0.25, 0.3) is 11.5 Å². The Labute approximate surface area is 158 Å². The molecule has 3 heterocycles. The van der Waals surface area contributed by atoms with Crippen molar-refractivity contribution in [3.8, 4) is 17.1 Å². The first kappa shape index (κ1) is 17.3. The van der Waals surface area contributed by atoms with Gasteiger partial charge in [-0.2, -0.15) is 10.2 Å². The van der Waals surface area contributed by atoms with Gasteiger partial charge in [-0.15, -0.1) is 5.10 Å². The summed E-state index contributed by atoms with van der Waals surface area (Å²) >= 11 is 0. The van der Waals surface area contributed by atoms with Crippen molar-refractivity contribution in [3.63, 3.8) is 0 Å². The summed E-state index contributed by atoms with van der Waals surface area (Å²) in [6.45, 7) is 0.443. The largest absolute Gasteiger partial charge is 0.349 e. The zero-order valence-electron chi connectivity index (χ0n) is 14.7. The van der Waals surface area contributed by atoms with Crippen molar-refractivity contribution >= 4 is 5.91 Å². The molecule has 10 heteroatoms. The molecule has 0 aliphatic rings. The summed E-state index contributed by atoms with van der Waals surface area (Å²) in [4.78, 5) is 28.1. The van der Waals surface area contributed by atoms with E-state index in [-0.39, 0.29) is 24.6 Å². The van der Waals surface area contributed by atoms with Crippen molar-refractivity contribution in [3.05, 3.63) is 77.2 Å². The minimum absolute atomic E-state index is 0.215. The third-order valence-corrected chi connectivity index (χ3v) is 4.01. The summed E-state index contributed by atoms with van der Waals surface area (Å²) in [6.07, 6.45) is 2.87. The van der Waals surface area contributed by atoms with E-state index in [0.29, 0.717) is 17.2 Å². The Morgan fingerprint density at radius 2 is 2.00 bits per heavy atom. The highest BCUT2D eigenvalue weighted by atomic mass is 16.2. The maximum Gasteiger partial charge on any atom is 0.269 e. The Hall–Kier alpha value is -4.08. The normalized spacial score (nSPS) is 10.7. The van der Waals surface area contributed by atoms with Crippen LogP contribution in [0.2, 0.25) is 0 Å². The standard InChI is InChI=1S/C18H16N8O2/c27-17-7-6-16(26-12-19-11-21-26)24-25(17)9-8-20-18(28)15-10-14(22-23-15)13-4-2-1-3-5-13/h1-7,10-12H,8-9H2,(H,20,28)(H,22,23). The van der Waals surface area contributed by atoms with Crippen LogP contribution in [0.3, 0.4) is 0 Å². The molecule has 0 unspecified atom stereocenters. The predicted octanol–water partition coefficient (Wildman–Crippen LogP) is 0.644. The van der Waals surface area contributed by atoms with E-state index in [1.54, 1.807) is 12.1 Å². The van der Waals surface area contributed by atoms with Crippen LogP contribution in [0.25, 0.3) is 17.1 Å². The molecule has 0 saturated heterocycles. The number of nitrogens with zero attached hydrogens (tertiary/aromatic N) is 6. The highest BCUT2D eigenvalue weighted by Crippen LogP contribution is 2.16. The highest BCUT2D eigenvalue weighted by molar-refractivity contribution is 5.93. The lowest BCUT2D eigenvalue weighted by Gasteiger charge is -2.07. The molecule has 0 radical (unpaired) electrons. The Morgan fingerprint density at radius 1 is 1.14 bits per heavy atom. The zero-order valence-corrected chi connectivity index (χ0v) is 14.7. The minimum Gasteiger partial charge on any atom is -0.349 e. The first-order valence-electron chi connectivity index (χ1n) is 8.53. The van der Waals surface area contributed by atoms with Gasteiger partial charge in [0.15, 0.2) is 5.82 Å². The predicted molar refractivity (Wildman–Crippen MR) is 99.8 cm³/mol.